The number of thioether (sulfide) groups is 1. The van der Waals surface area contributed by atoms with Crippen LogP contribution in [0.4, 0.5) is 0 Å². The van der Waals surface area contributed by atoms with Crippen LogP contribution in [0.25, 0.3) is 10.9 Å². The van der Waals surface area contributed by atoms with Crippen molar-refractivity contribution >= 4 is 28.4 Å². The van der Waals surface area contributed by atoms with E-state index in [4.69, 9.17) is 14.4 Å². The number of aromatic nitrogens is 3. The van der Waals surface area contributed by atoms with E-state index in [2.05, 4.69) is 16.3 Å². The van der Waals surface area contributed by atoms with Gasteiger partial charge in [0.05, 0.1) is 18.2 Å². The van der Waals surface area contributed by atoms with Crippen molar-refractivity contribution < 1.29 is 13.9 Å². The zero-order chi connectivity index (χ0) is 22.5. The molecule has 0 amide bonds. The van der Waals surface area contributed by atoms with Gasteiger partial charge in [0.1, 0.15) is 5.75 Å². The van der Waals surface area contributed by atoms with Gasteiger partial charge in [-0.1, -0.05) is 42.1 Å². The average molecular weight is 447 g/mol. The van der Waals surface area contributed by atoms with Gasteiger partial charge in [0.25, 0.3) is 11.1 Å². The summed E-state index contributed by atoms with van der Waals surface area (Å²) in [5.41, 5.74) is 3.72. The average Bonchev–Trinajstić information content (AvgIpc) is 3.41. The van der Waals surface area contributed by atoms with E-state index in [-0.39, 0.29) is 18.1 Å². The number of fused-ring (bicyclic) bond motifs is 1. The number of nitrogens with zero attached hydrogens (tertiary/aromatic N) is 4. The highest BCUT2D eigenvalue weighted by atomic mass is 32.2. The summed E-state index contributed by atoms with van der Waals surface area (Å²) in [5.74, 6) is 1.27. The number of ether oxygens (including phenoxy) is 1. The lowest BCUT2D eigenvalue weighted by Gasteiger charge is -2.07. The van der Waals surface area contributed by atoms with Gasteiger partial charge in [0.2, 0.25) is 0 Å². The van der Waals surface area contributed by atoms with Crippen molar-refractivity contribution in [2.24, 2.45) is 0 Å². The van der Waals surface area contributed by atoms with Crippen molar-refractivity contribution in [3.05, 3.63) is 71.2 Å². The molecule has 7 nitrogen and oxygen atoms in total. The predicted molar refractivity (Wildman–Crippen MR) is 122 cm³/mol. The molecule has 4 aromatic rings. The second kappa shape index (κ2) is 9.71. The van der Waals surface area contributed by atoms with Gasteiger partial charge in [-0.15, -0.1) is 10.2 Å². The molecule has 0 aliphatic carbocycles. The molecule has 0 bridgehead atoms. The van der Waals surface area contributed by atoms with Gasteiger partial charge < -0.3 is 13.7 Å². The molecule has 0 aliphatic rings. The van der Waals surface area contributed by atoms with E-state index in [0.29, 0.717) is 29.6 Å². The van der Waals surface area contributed by atoms with Gasteiger partial charge in [0, 0.05) is 29.2 Å². The summed E-state index contributed by atoms with van der Waals surface area (Å²) in [6.45, 7) is 4.70. The Bertz CT molecular complexity index is 1300. The molecule has 0 unspecified atom stereocenters. The molecule has 8 heteroatoms. The minimum Gasteiger partial charge on any atom is -0.484 e. The summed E-state index contributed by atoms with van der Waals surface area (Å²) < 4.78 is 13.4. The fourth-order valence-electron chi connectivity index (χ4n) is 3.39. The maximum absolute atomic E-state index is 12.9. The summed E-state index contributed by atoms with van der Waals surface area (Å²) in [6.07, 6.45) is 2.21. The van der Waals surface area contributed by atoms with E-state index in [1.807, 2.05) is 67.1 Å². The summed E-state index contributed by atoms with van der Waals surface area (Å²) >= 11 is 1.20. The standard InChI is InChI=1S/C24H22N4O3S/c1-16-8-9-17(2)22(12-16)30-14-23-26-27-24(31-23)32-15-21(29)19-13-28(11-5-10-25)20-7-4-3-6-18(19)20/h3-4,6-9,12-13H,5,11,14-15H2,1-2H3. The Labute approximate surface area is 190 Å². The van der Waals surface area contributed by atoms with Gasteiger partial charge in [-0.25, -0.2) is 0 Å². The van der Waals surface area contributed by atoms with Crippen LogP contribution < -0.4 is 4.74 Å². The smallest absolute Gasteiger partial charge is 0.277 e. The number of carbonyl (C=O) groups excluding carboxylic acids is 1. The van der Waals surface area contributed by atoms with Gasteiger partial charge in [-0.2, -0.15) is 5.26 Å². The normalized spacial score (nSPS) is 10.9. The van der Waals surface area contributed by atoms with Crippen LogP contribution in [0.1, 0.15) is 33.8 Å². The van der Waals surface area contributed by atoms with E-state index in [1.54, 1.807) is 0 Å². The minimum atomic E-state index is -0.0340. The molecule has 162 valence electrons. The summed E-state index contributed by atoms with van der Waals surface area (Å²) in [7, 11) is 0. The lowest BCUT2D eigenvalue weighted by Crippen LogP contribution is -2.02. The van der Waals surface area contributed by atoms with Gasteiger partial charge in [-0.3, -0.25) is 4.79 Å². The Balaban J connectivity index is 1.39. The molecule has 0 spiro atoms. The number of aryl methyl sites for hydroxylation is 3. The Hall–Kier alpha value is -3.57. The summed E-state index contributed by atoms with van der Waals surface area (Å²) in [4.78, 5) is 12.9. The lowest BCUT2D eigenvalue weighted by atomic mass is 10.1. The Morgan fingerprint density at radius 3 is 2.91 bits per heavy atom. The first-order valence-corrected chi connectivity index (χ1v) is 11.2. The van der Waals surface area contributed by atoms with Crippen LogP contribution in [0.3, 0.4) is 0 Å². The Morgan fingerprint density at radius 1 is 1.22 bits per heavy atom. The SMILES string of the molecule is Cc1ccc(C)c(OCc2nnc(SCC(=O)c3cn(CCC#N)c4ccccc34)o2)c1. The molecular formula is C24H22N4O3S. The Morgan fingerprint density at radius 2 is 2.06 bits per heavy atom. The van der Waals surface area contributed by atoms with Crippen molar-refractivity contribution in [1.29, 1.82) is 5.26 Å². The van der Waals surface area contributed by atoms with Crippen molar-refractivity contribution in [1.82, 2.24) is 14.8 Å². The monoisotopic (exact) mass is 446 g/mol. The third-order valence-corrected chi connectivity index (χ3v) is 5.84. The van der Waals surface area contributed by atoms with Crippen molar-refractivity contribution in [2.75, 3.05) is 5.75 Å². The fourth-order valence-corrected chi connectivity index (χ4v) is 4.05. The number of rotatable bonds is 9. The highest BCUT2D eigenvalue weighted by molar-refractivity contribution is 7.99. The number of carbonyl (C=O) groups is 1. The van der Waals surface area contributed by atoms with Crippen LogP contribution in [-0.4, -0.2) is 26.3 Å². The van der Waals surface area contributed by atoms with Crippen LogP contribution in [0.15, 0.2) is 58.3 Å². The molecule has 0 saturated carbocycles. The number of hydrogen-bond acceptors (Lipinski definition) is 7. The molecule has 0 N–H and O–H groups in total. The highest BCUT2D eigenvalue weighted by Gasteiger charge is 2.17. The fraction of sp³-hybridized carbons (Fsp3) is 0.250. The van der Waals surface area contributed by atoms with Crippen LogP contribution >= 0.6 is 11.8 Å². The maximum Gasteiger partial charge on any atom is 0.277 e. The predicted octanol–water partition coefficient (Wildman–Crippen LogP) is 5.11. The lowest BCUT2D eigenvalue weighted by molar-refractivity contribution is 0.102. The second-order valence-electron chi connectivity index (χ2n) is 7.39. The third-order valence-electron chi connectivity index (χ3n) is 5.02. The Kier molecular flexibility index (Phi) is 6.57. The molecule has 0 fully saturated rings. The zero-order valence-electron chi connectivity index (χ0n) is 17.9. The molecule has 2 aromatic carbocycles. The molecule has 4 rings (SSSR count). The van der Waals surface area contributed by atoms with Crippen LogP contribution in [0, 0.1) is 25.2 Å². The molecule has 0 aliphatic heterocycles. The molecule has 32 heavy (non-hydrogen) atoms. The first kappa shape index (κ1) is 21.7. The van der Waals surface area contributed by atoms with Crippen molar-refractivity contribution in [2.45, 2.75) is 38.6 Å². The number of ketones is 1. The van der Waals surface area contributed by atoms with E-state index in [9.17, 15) is 4.79 Å². The van der Waals surface area contributed by atoms with E-state index in [1.165, 1.54) is 11.8 Å². The largest absolute Gasteiger partial charge is 0.484 e. The maximum atomic E-state index is 12.9. The molecule has 2 aromatic heterocycles. The van der Waals surface area contributed by atoms with Crippen LogP contribution in [0.2, 0.25) is 0 Å². The number of hydrogen-bond donors (Lipinski definition) is 0. The topological polar surface area (TPSA) is 93.9 Å². The van der Waals surface area contributed by atoms with Crippen LogP contribution in [-0.2, 0) is 13.2 Å². The van der Waals surface area contributed by atoms with Crippen molar-refractivity contribution in [3.8, 4) is 11.8 Å². The molecule has 0 saturated heterocycles. The van der Waals surface area contributed by atoms with Crippen LogP contribution in [0.5, 0.6) is 5.75 Å². The van der Waals surface area contributed by atoms with E-state index >= 15 is 0 Å². The molecule has 0 atom stereocenters. The quantitative estimate of drug-likeness (QED) is 0.260. The number of Topliss-reactive ketones (excluding diaryl/α,β-unsaturated/α-hetero) is 1. The second-order valence-corrected chi connectivity index (χ2v) is 8.32. The number of benzene rings is 2. The summed E-state index contributed by atoms with van der Waals surface area (Å²) in [5, 5.41) is 18.1. The van der Waals surface area contributed by atoms with E-state index < -0.39 is 0 Å². The van der Waals surface area contributed by atoms with Gasteiger partial charge in [-0.05, 0) is 37.1 Å². The van der Waals surface area contributed by atoms with E-state index in [0.717, 1.165) is 27.8 Å². The van der Waals surface area contributed by atoms with Gasteiger partial charge in [0.15, 0.2) is 12.4 Å². The molecule has 2 heterocycles. The number of para-hydroxylation sites is 1. The molecule has 0 radical (unpaired) electrons. The minimum absolute atomic E-state index is 0.0340. The first-order chi connectivity index (χ1) is 15.5. The van der Waals surface area contributed by atoms with Gasteiger partial charge >= 0.3 is 0 Å². The molecular weight excluding hydrogens is 424 g/mol. The summed E-state index contributed by atoms with van der Waals surface area (Å²) in [6, 6.07) is 15.9. The number of nitriles is 1. The third kappa shape index (κ3) is 4.84. The zero-order valence-corrected chi connectivity index (χ0v) is 18.7. The first-order valence-electron chi connectivity index (χ1n) is 10.2. The highest BCUT2D eigenvalue weighted by Crippen LogP contribution is 2.25. The van der Waals surface area contributed by atoms with Crippen molar-refractivity contribution in [3.63, 3.8) is 0 Å².